The maximum Gasteiger partial charge on any atom is 0.181 e. The van der Waals surface area contributed by atoms with E-state index in [2.05, 4.69) is 20.8 Å². The van der Waals surface area contributed by atoms with Gasteiger partial charge in [0, 0.05) is 48.7 Å². The molecular weight excluding hydrogens is 540 g/mol. The van der Waals surface area contributed by atoms with Gasteiger partial charge in [0.15, 0.2) is 11.5 Å². The van der Waals surface area contributed by atoms with Crippen molar-refractivity contribution in [3.05, 3.63) is 59.9 Å². The molecule has 218 valence electrons. The Balaban J connectivity index is 1.53. The zero-order valence-electron chi connectivity index (χ0n) is 23.5. The number of benzene rings is 2. The molecule has 0 bridgehead atoms. The highest BCUT2D eigenvalue weighted by Crippen LogP contribution is 2.41. The lowest BCUT2D eigenvalue weighted by Gasteiger charge is -2.31. The van der Waals surface area contributed by atoms with Crippen LogP contribution in [0.2, 0.25) is 0 Å². The molecule has 12 heteroatoms. The zero-order chi connectivity index (χ0) is 29.6. The summed E-state index contributed by atoms with van der Waals surface area (Å²) in [6.45, 7) is 5.45. The van der Waals surface area contributed by atoms with Crippen LogP contribution in [0.4, 0.5) is 26.0 Å². The first kappa shape index (κ1) is 27.8. The molecule has 2 aliphatic heterocycles. The van der Waals surface area contributed by atoms with E-state index in [9.17, 15) is 14.8 Å². The standard InChI is InChI=1S/C30H33F2N9O/c1-3-30(42,4-2)17-41-25-14-23(32)21(13-24(25)37-38-41)27-26(18-7-8-19(15-33)22(31)12-18)36-29-28(35-9-11-40(27)29)39-10-5-6-20(34)16-39/h7-9,11-14,20,37-38,42H,3-6,10,16-17,34H2,1-2H3/t20-/m1/s1. The average molecular weight is 574 g/mol. The van der Waals surface area contributed by atoms with E-state index in [1.165, 1.54) is 18.2 Å². The van der Waals surface area contributed by atoms with Gasteiger partial charge in [-0.15, -0.1) is 5.53 Å². The Labute approximate surface area is 242 Å². The van der Waals surface area contributed by atoms with E-state index < -0.39 is 17.2 Å². The van der Waals surface area contributed by atoms with E-state index in [0.29, 0.717) is 59.2 Å². The molecule has 1 atom stereocenters. The topological polar surface area (TPSA) is 131 Å². The number of nitrogens with one attached hydrogen (secondary N) is 2. The third kappa shape index (κ3) is 4.79. The fourth-order valence-electron chi connectivity index (χ4n) is 5.75. The molecule has 1 fully saturated rings. The van der Waals surface area contributed by atoms with Gasteiger partial charge in [-0.3, -0.25) is 9.41 Å². The van der Waals surface area contributed by atoms with Crippen LogP contribution < -0.4 is 26.6 Å². The molecule has 5 N–H and O–H groups in total. The van der Waals surface area contributed by atoms with Crippen LogP contribution in [0.15, 0.2) is 42.7 Å². The number of aromatic nitrogens is 3. The van der Waals surface area contributed by atoms with Crippen LogP contribution in [0.3, 0.4) is 0 Å². The predicted molar refractivity (Wildman–Crippen MR) is 158 cm³/mol. The van der Waals surface area contributed by atoms with E-state index in [-0.39, 0.29) is 23.7 Å². The number of hydrogen-bond acceptors (Lipinski definition) is 9. The monoisotopic (exact) mass is 573 g/mol. The third-order valence-corrected chi connectivity index (χ3v) is 8.37. The van der Waals surface area contributed by atoms with Gasteiger partial charge in [-0.1, -0.05) is 19.9 Å². The van der Waals surface area contributed by atoms with Crippen molar-refractivity contribution in [1.82, 2.24) is 19.9 Å². The molecule has 0 amide bonds. The lowest BCUT2D eigenvalue weighted by molar-refractivity contribution is 0.0379. The van der Waals surface area contributed by atoms with Gasteiger partial charge in [-0.05, 0) is 43.9 Å². The predicted octanol–water partition coefficient (Wildman–Crippen LogP) is 4.34. The smallest absolute Gasteiger partial charge is 0.181 e. The third-order valence-electron chi connectivity index (χ3n) is 8.37. The first-order chi connectivity index (χ1) is 20.2. The fraction of sp³-hybridized carbons (Fsp3) is 0.367. The number of nitrogens with zero attached hydrogens (tertiary/aromatic N) is 6. The lowest BCUT2D eigenvalue weighted by atomic mass is 9.97. The first-order valence-electron chi connectivity index (χ1n) is 14.2. The summed E-state index contributed by atoms with van der Waals surface area (Å²) in [7, 11) is 0. The number of hydrogen-bond donors (Lipinski definition) is 4. The number of nitrogens with two attached hydrogens (primary N) is 1. The molecule has 0 unspecified atom stereocenters. The maximum atomic E-state index is 16.2. The molecule has 1 saturated heterocycles. The summed E-state index contributed by atoms with van der Waals surface area (Å²) >= 11 is 0. The number of imidazole rings is 1. The molecule has 4 aromatic rings. The number of anilines is 3. The number of fused-ring (bicyclic) bond motifs is 2. The number of piperidine rings is 1. The number of rotatable bonds is 7. The number of nitriles is 1. The van der Waals surface area contributed by atoms with E-state index >= 15 is 4.39 Å². The van der Waals surface area contributed by atoms with Gasteiger partial charge in [0.2, 0.25) is 0 Å². The van der Waals surface area contributed by atoms with Gasteiger partial charge >= 0.3 is 0 Å². The summed E-state index contributed by atoms with van der Waals surface area (Å²) in [5.74, 6) is -0.592. The highest BCUT2D eigenvalue weighted by atomic mass is 19.1. The molecule has 0 spiro atoms. The number of hydrazine groups is 2. The largest absolute Gasteiger partial charge is 0.388 e. The molecule has 0 radical (unpaired) electrons. The summed E-state index contributed by atoms with van der Waals surface area (Å²) in [5, 5.41) is 21.9. The van der Waals surface area contributed by atoms with Gasteiger partial charge in [0.05, 0.1) is 40.5 Å². The molecule has 6 rings (SSSR count). The van der Waals surface area contributed by atoms with Gasteiger partial charge < -0.3 is 21.2 Å². The van der Waals surface area contributed by atoms with Crippen LogP contribution in [-0.4, -0.2) is 50.8 Å². The van der Waals surface area contributed by atoms with E-state index in [4.69, 9.17) is 10.7 Å². The maximum absolute atomic E-state index is 16.2. The van der Waals surface area contributed by atoms with Crippen molar-refractivity contribution >= 4 is 22.8 Å². The van der Waals surface area contributed by atoms with Gasteiger partial charge in [-0.25, -0.2) is 18.7 Å². The second kappa shape index (κ2) is 10.8. The molecule has 2 aromatic carbocycles. The summed E-state index contributed by atoms with van der Waals surface area (Å²) < 4.78 is 32.8. The van der Waals surface area contributed by atoms with Crippen LogP contribution in [0.5, 0.6) is 0 Å². The Morgan fingerprint density at radius 3 is 2.71 bits per heavy atom. The van der Waals surface area contributed by atoms with Crippen LogP contribution in [0.1, 0.15) is 45.1 Å². The van der Waals surface area contributed by atoms with Crippen molar-refractivity contribution in [2.75, 3.05) is 35.0 Å². The molecule has 2 aliphatic rings. The summed E-state index contributed by atoms with van der Waals surface area (Å²) in [5.41, 5.74) is 14.4. The van der Waals surface area contributed by atoms with Crippen molar-refractivity contribution in [3.63, 3.8) is 0 Å². The van der Waals surface area contributed by atoms with Crippen LogP contribution in [-0.2, 0) is 0 Å². The van der Waals surface area contributed by atoms with Crippen molar-refractivity contribution in [1.29, 1.82) is 5.26 Å². The zero-order valence-corrected chi connectivity index (χ0v) is 23.5. The normalized spacial score (nSPS) is 16.9. The summed E-state index contributed by atoms with van der Waals surface area (Å²) in [6.07, 6.45) is 6.26. The fourth-order valence-corrected chi connectivity index (χ4v) is 5.75. The Hall–Kier alpha value is -4.31. The number of aliphatic hydroxyl groups is 1. The molecule has 2 aromatic heterocycles. The molecular formula is C30H33F2N9O. The number of β-amino-alcohol motifs (C(OH)–C–C–N with tert-alkyl or cyclic N) is 1. The van der Waals surface area contributed by atoms with Crippen molar-refractivity contribution in [2.24, 2.45) is 5.73 Å². The Bertz CT molecular complexity index is 1690. The molecule has 10 nitrogen and oxygen atoms in total. The van der Waals surface area contributed by atoms with Gasteiger partial charge in [0.1, 0.15) is 17.7 Å². The highest BCUT2D eigenvalue weighted by molar-refractivity contribution is 5.88. The average Bonchev–Trinajstić information content (AvgIpc) is 3.57. The molecule has 0 aliphatic carbocycles. The Kier molecular flexibility index (Phi) is 7.18. The quantitative estimate of drug-likeness (QED) is 0.255. The minimum absolute atomic E-state index is 0.00363. The van der Waals surface area contributed by atoms with Gasteiger partial charge in [-0.2, -0.15) is 5.26 Å². The Morgan fingerprint density at radius 2 is 2.00 bits per heavy atom. The molecule has 0 saturated carbocycles. The lowest BCUT2D eigenvalue weighted by Crippen LogP contribution is -2.47. The van der Waals surface area contributed by atoms with Gasteiger partial charge in [0.25, 0.3) is 0 Å². The number of halogens is 2. The van der Waals surface area contributed by atoms with Crippen molar-refractivity contribution in [2.45, 2.75) is 51.2 Å². The second-order valence-corrected chi connectivity index (χ2v) is 11.0. The van der Waals surface area contributed by atoms with Crippen LogP contribution in [0, 0.1) is 23.0 Å². The minimum Gasteiger partial charge on any atom is -0.388 e. The first-order valence-corrected chi connectivity index (χ1v) is 14.2. The molecule has 4 heterocycles. The summed E-state index contributed by atoms with van der Waals surface area (Å²) in [4.78, 5) is 11.6. The SMILES string of the molecule is CCC(O)(CC)CN1NNc2cc(-c3c(-c4ccc(C#N)c(F)c4)nc4c(N5CCC[C@@H](N)C5)nccn34)c(F)cc21. The van der Waals surface area contributed by atoms with Crippen LogP contribution >= 0.6 is 0 Å². The van der Waals surface area contributed by atoms with E-state index in [1.807, 2.05) is 19.9 Å². The second-order valence-electron chi connectivity index (χ2n) is 11.0. The van der Waals surface area contributed by atoms with Crippen LogP contribution in [0.25, 0.3) is 28.2 Å². The van der Waals surface area contributed by atoms with Crippen molar-refractivity contribution < 1.29 is 13.9 Å². The summed E-state index contributed by atoms with van der Waals surface area (Å²) in [6, 6.07) is 9.19. The van der Waals surface area contributed by atoms with E-state index in [0.717, 1.165) is 19.4 Å². The Morgan fingerprint density at radius 1 is 1.19 bits per heavy atom. The highest BCUT2D eigenvalue weighted by Gasteiger charge is 2.32. The van der Waals surface area contributed by atoms with Crippen molar-refractivity contribution in [3.8, 4) is 28.6 Å². The van der Waals surface area contributed by atoms with E-state index in [1.54, 1.807) is 33.9 Å². The minimum atomic E-state index is -0.944. The molecule has 42 heavy (non-hydrogen) atoms.